The van der Waals surface area contributed by atoms with Crippen LogP contribution in [-0.4, -0.2) is 11.5 Å². The minimum absolute atomic E-state index is 0.446. The molecule has 0 aliphatic carbocycles. The Bertz CT molecular complexity index is 387. The Labute approximate surface area is 99.0 Å². The van der Waals surface area contributed by atoms with E-state index in [4.69, 9.17) is 11.6 Å². The van der Waals surface area contributed by atoms with Gasteiger partial charge in [0.25, 0.3) is 0 Å². The minimum atomic E-state index is 0.446. The molecule has 0 radical (unpaired) electrons. The molecule has 1 aromatic heterocycles. The van der Waals surface area contributed by atoms with E-state index in [-0.39, 0.29) is 0 Å². The number of halogens is 1. The highest BCUT2D eigenvalue weighted by molar-refractivity contribution is 6.29. The van der Waals surface area contributed by atoms with Crippen molar-refractivity contribution in [2.24, 2.45) is 5.18 Å². The highest BCUT2D eigenvalue weighted by Crippen LogP contribution is 2.09. The lowest BCUT2D eigenvalue weighted by Gasteiger charge is -2.07. The second-order valence-electron chi connectivity index (χ2n) is 3.10. The lowest BCUT2D eigenvalue weighted by atomic mass is 10.2. The third kappa shape index (κ3) is 4.23. The molecule has 0 atom stereocenters. The number of nitrogens with one attached hydrogen (secondary N) is 1. The van der Waals surface area contributed by atoms with Gasteiger partial charge in [-0.05, 0) is 16.8 Å². The van der Waals surface area contributed by atoms with Crippen LogP contribution in [0.25, 0.3) is 0 Å². The average molecular weight is 238 g/mol. The molecule has 0 aliphatic heterocycles. The standard InChI is InChI=1S/C11H12ClN3O/c1-2-5-13-10(8-15-16)6-9-3-4-11(12)14-7-9/h2-4,7-8,13H,1,5-6H2/b10-8-. The van der Waals surface area contributed by atoms with Crippen LogP contribution in [0.1, 0.15) is 5.56 Å². The summed E-state index contributed by atoms with van der Waals surface area (Å²) in [6, 6.07) is 3.56. The molecule has 1 aromatic rings. The zero-order chi connectivity index (χ0) is 11.8. The number of allylic oxidation sites excluding steroid dienone is 1. The summed E-state index contributed by atoms with van der Waals surface area (Å²) < 4.78 is 0. The second-order valence-corrected chi connectivity index (χ2v) is 3.48. The molecule has 0 fully saturated rings. The number of rotatable bonds is 6. The largest absolute Gasteiger partial charge is 0.383 e. The van der Waals surface area contributed by atoms with Gasteiger partial charge < -0.3 is 5.32 Å². The third-order valence-electron chi connectivity index (χ3n) is 1.87. The van der Waals surface area contributed by atoms with Crippen molar-refractivity contribution in [3.8, 4) is 0 Å². The highest BCUT2D eigenvalue weighted by Gasteiger charge is 1.99. The first-order chi connectivity index (χ1) is 7.76. The van der Waals surface area contributed by atoms with Crippen molar-refractivity contribution in [3.63, 3.8) is 0 Å². The van der Waals surface area contributed by atoms with Crippen molar-refractivity contribution in [1.29, 1.82) is 0 Å². The lowest BCUT2D eigenvalue weighted by molar-refractivity contribution is 0.850. The molecule has 0 saturated carbocycles. The third-order valence-corrected chi connectivity index (χ3v) is 2.09. The molecule has 0 aromatic carbocycles. The lowest BCUT2D eigenvalue weighted by Crippen LogP contribution is -2.14. The van der Waals surface area contributed by atoms with Crippen molar-refractivity contribution in [2.45, 2.75) is 6.42 Å². The molecule has 0 unspecified atom stereocenters. The summed E-state index contributed by atoms with van der Waals surface area (Å²) >= 11 is 5.67. The molecule has 0 spiro atoms. The van der Waals surface area contributed by atoms with E-state index < -0.39 is 0 Å². The highest BCUT2D eigenvalue weighted by atomic mass is 35.5. The van der Waals surface area contributed by atoms with Crippen LogP contribution in [0.2, 0.25) is 5.15 Å². The Kier molecular flexibility index (Phi) is 5.22. The number of aromatic nitrogens is 1. The smallest absolute Gasteiger partial charge is 0.129 e. The van der Waals surface area contributed by atoms with Gasteiger partial charge in [-0.25, -0.2) is 4.98 Å². The molecule has 0 aliphatic rings. The van der Waals surface area contributed by atoms with Gasteiger partial charge in [0.15, 0.2) is 0 Å². The average Bonchev–Trinajstić information content (AvgIpc) is 2.29. The molecule has 0 bridgehead atoms. The molecule has 84 valence electrons. The minimum Gasteiger partial charge on any atom is -0.383 e. The van der Waals surface area contributed by atoms with Gasteiger partial charge in [0, 0.05) is 24.9 Å². The number of hydrogen-bond acceptors (Lipinski definition) is 4. The Balaban J connectivity index is 2.67. The summed E-state index contributed by atoms with van der Waals surface area (Å²) in [5, 5.41) is 6.22. The van der Waals surface area contributed by atoms with Crippen molar-refractivity contribution in [3.05, 3.63) is 58.5 Å². The topological polar surface area (TPSA) is 54.4 Å². The fourth-order valence-electron chi connectivity index (χ4n) is 1.15. The molecule has 4 nitrogen and oxygen atoms in total. The molecular formula is C11H12ClN3O. The summed E-state index contributed by atoms with van der Waals surface area (Å²) in [5.74, 6) is 0. The van der Waals surface area contributed by atoms with E-state index in [1.54, 1.807) is 18.3 Å². The van der Waals surface area contributed by atoms with Gasteiger partial charge in [0.05, 0.1) is 6.20 Å². The summed E-state index contributed by atoms with van der Waals surface area (Å²) in [4.78, 5) is 14.1. The number of hydrogen-bond donors (Lipinski definition) is 1. The first kappa shape index (κ1) is 12.4. The van der Waals surface area contributed by atoms with Crippen LogP contribution in [0.3, 0.4) is 0 Å². The van der Waals surface area contributed by atoms with Gasteiger partial charge in [0.2, 0.25) is 0 Å². The maximum absolute atomic E-state index is 10.2. The van der Waals surface area contributed by atoms with Gasteiger partial charge in [0.1, 0.15) is 5.15 Å². The predicted octanol–water partition coefficient (Wildman–Crippen LogP) is 2.66. The van der Waals surface area contributed by atoms with Gasteiger partial charge >= 0.3 is 0 Å². The SMILES string of the molecule is C=CCN/C(=C\N=O)Cc1ccc(Cl)nc1. The quantitative estimate of drug-likeness (QED) is 0.470. The Morgan fingerprint density at radius 2 is 2.44 bits per heavy atom. The number of pyridine rings is 1. The first-order valence-electron chi connectivity index (χ1n) is 4.73. The molecular weight excluding hydrogens is 226 g/mol. The van der Waals surface area contributed by atoms with Crippen LogP contribution in [-0.2, 0) is 6.42 Å². The molecule has 1 N–H and O–H groups in total. The van der Waals surface area contributed by atoms with Gasteiger partial charge in [-0.1, -0.05) is 23.7 Å². The van der Waals surface area contributed by atoms with Crippen molar-refractivity contribution < 1.29 is 0 Å². The maximum atomic E-state index is 10.2. The molecule has 0 amide bonds. The van der Waals surface area contributed by atoms with Crippen molar-refractivity contribution in [2.75, 3.05) is 6.54 Å². The molecule has 1 heterocycles. The van der Waals surface area contributed by atoms with Crippen molar-refractivity contribution >= 4 is 11.6 Å². The zero-order valence-corrected chi connectivity index (χ0v) is 9.44. The van der Waals surface area contributed by atoms with E-state index in [2.05, 4.69) is 22.1 Å². The summed E-state index contributed by atoms with van der Waals surface area (Å²) in [6.45, 7) is 4.17. The maximum Gasteiger partial charge on any atom is 0.129 e. The fourth-order valence-corrected chi connectivity index (χ4v) is 1.26. The van der Waals surface area contributed by atoms with E-state index in [9.17, 15) is 4.91 Å². The van der Waals surface area contributed by atoms with Gasteiger partial charge in [-0.2, -0.15) is 0 Å². The Morgan fingerprint density at radius 3 is 3.00 bits per heavy atom. The molecule has 0 saturated heterocycles. The van der Waals surface area contributed by atoms with Crippen LogP contribution in [0.4, 0.5) is 0 Å². The van der Waals surface area contributed by atoms with Gasteiger partial charge in [-0.3, -0.25) is 0 Å². The van der Waals surface area contributed by atoms with E-state index in [1.807, 2.05) is 6.07 Å². The monoisotopic (exact) mass is 237 g/mol. The van der Waals surface area contributed by atoms with E-state index in [0.717, 1.165) is 11.3 Å². The summed E-state index contributed by atoms with van der Waals surface area (Å²) in [5.41, 5.74) is 1.68. The van der Waals surface area contributed by atoms with Crippen LogP contribution in [0, 0.1) is 4.91 Å². The summed E-state index contributed by atoms with van der Waals surface area (Å²) in [7, 11) is 0. The normalized spacial score (nSPS) is 10.9. The molecule has 16 heavy (non-hydrogen) atoms. The molecule has 5 heteroatoms. The van der Waals surface area contributed by atoms with E-state index in [1.165, 1.54) is 6.20 Å². The fraction of sp³-hybridized carbons (Fsp3) is 0.182. The predicted molar refractivity (Wildman–Crippen MR) is 65.0 cm³/mol. The zero-order valence-electron chi connectivity index (χ0n) is 8.69. The van der Waals surface area contributed by atoms with Crippen LogP contribution >= 0.6 is 11.6 Å². The molecule has 1 rings (SSSR count). The van der Waals surface area contributed by atoms with Crippen LogP contribution in [0.5, 0.6) is 0 Å². The van der Waals surface area contributed by atoms with Crippen LogP contribution < -0.4 is 5.32 Å². The summed E-state index contributed by atoms with van der Waals surface area (Å²) in [6.07, 6.45) is 5.18. The van der Waals surface area contributed by atoms with Crippen LogP contribution in [0.15, 0.2) is 48.1 Å². The Morgan fingerprint density at radius 1 is 1.62 bits per heavy atom. The van der Waals surface area contributed by atoms with E-state index >= 15 is 0 Å². The first-order valence-corrected chi connectivity index (χ1v) is 5.10. The van der Waals surface area contributed by atoms with E-state index in [0.29, 0.717) is 18.1 Å². The van der Waals surface area contributed by atoms with Crippen molar-refractivity contribution in [1.82, 2.24) is 10.3 Å². The number of nitroso groups, excluding NO2 is 1. The Hall–Kier alpha value is -1.68. The number of nitrogens with zero attached hydrogens (tertiary/aromatic N) is 2. The van der Waals surface area contributed by atoms with Gasteiger partial charge in [-0.15, -0.1) is 11.5 Å². The second kappa shape index (κ2) is 6.74.